The first-order chi connectivity index (χ1) is 4.89. The molecular formula is C8H16Br3N. The van der Waals surface area contributed by atoms with Gasteiger partial charge in [0.2, 0.25) is 0 Å². The highest BCUT2D eigenvalue weighted by atomic mass is 79.9. The van der Waals surface area contributed by atoms with Gasteiger partial charge >= 0.3 is 0 Å². The summed E-state index contributed by atoms with van der Waals surface area (Å²) in [5.74, 6) is 0. The van der Waals surface area contributed by atoms with Crippen LogP contribution in [-0.2, 0) is 0 Å². The van der Waals surface area contributed by atoms with Crippen molar-refractivity contribution in [2.75, 3.05) is 26.5 Å². The number of nitrogens with zero attached hydrogens (tertiary/aromatic N) is 1. The van der Waals surface area contributed by atoms with Crippen molar-refractivity contribution >= 4 is 31.9 Å². The lowest BCUT2D eigenvalue weighted by molar-refractivity contribution is -0.873. The van der Waals surface area contributed by atoms with Crippen LogP contribution in [0.5, 0.6) is 0 Å². The van der Waals surface area contributed by atoms with Crippen molar-refractivity contribution in [3.05, 3.63) is 11.6 Å². The fourth-order valence-electron chi connectivity index (χ4n) is 0.830. The monoisotopic (exact) mass is 363 g/mol. The van der Waals surface area contributed by atoms with Crippen molar-refractivity contribution in [1.29, 1.82) is 0 Å². The van der Waals surface area contributed by atoms with Crippen LogP contribution in [0, 0.1) is 0 Å². The van der Waals surface area contributed by atoms with Crippen molar-refractivity contribution in [3.63, 3.8) is 0 Å². The molecule has 0 aliphatic heterocycles. The maximum Gasteiger partial charge on any atom is 0.165 e. The summed E-state index contributed by atoms with van der Waals surface area (Å²) in [4.78, 5) is 0.417. The van der Waals surface area contributed by atoms with Crippen LogP contribution in [0.1, 0.15) is 6.92 Å². The van der Waals surface area contributed by atoms with Gasteiger partial charge in [0.05, 0.1) is 21.1 Å². The lowest BCUT2D eigenvalue weighted by atomic mass is 10.2. The van der Waals surface area contributed by atoms with E-state index in [-0.39, 0.29) is 17.0 Å². The number of quaternary nitrogens is 1. The molecule has 0 aromatic rings. The molecular weight excluding hydrogens is 350 g/mol. The quantitative estimate of drug-likeness (QED) is 0.280. The third kappa shape index (κ3) is 5.73. The molecule has 12 heavy (non-hydrogen) atoms. The molecule has 0 bridgehead atoms. The largest absolute Gasteiger partial charge is 1.00 e. The van der Waals surface area contributed by atoms with E-state index < -0.39 is 0 Å². The Kier molecular flexibility index (Phi) is 8.55. The maximum atomic E-state index is 3.65. The zero-order valence-corrected chi connectivity index (χ0v) is 12.7. The standard InChI is InChI=1S/C8H16Br2N.BrH/c1-7(5-6-9)8(10)11(2,3)4;/h5,8H,6H2,1-4H3;1H/q+1;/p-1. The predicted octanol–water partition coefficient (Wildman–Crippen LogP) is -0.241. The highest BCUT2D eigenvalue weighted by Gasteiger charge is 2.21. The highest BCUT2D eigenvalue weighted by molar-refractivity contribution is 9.09. The Bertz CT molecular complexity index is 149. The van der Waals surface area contributed by atoms with Gasteiger partial charge in [-0.3, -0.25) is 0 Å². The summed E-state index contributed by atoms with van der Waals surface area (Å²) in [6.07, 6.45) is 2.18. The van der Waals surface area contributed by atoms with Crippen molar-refractivity contribution in [2.45, 2.75) is 11.9 Å². The lowest BCUT2D eigenvalue weighted by Gasteiger charge is -2.30. The van der Waals surface area contributed by atoms with E-state index in [4.69, 9.17) is 0 Å². The molecule has 0 aromatic carbocycles. The molecule has 0 N–H and O–H groups in total. The van der Waals surface area contributed by atoms with Crippen LogP contribution in [0.4, 0.5) is 0 Å². The Balaban J connectivity index is 0. The summed E-state index contributed by atoms with van der Waals surface area (Å²) >= 11 is 7.03. The van der Waals surface area contributed by atoms with Crippen LogP contribution in [0.25, 0.3) is 0 Å². The fourth-order valence-corrected chi connectivity index (χ4v) is 1.53. The maximum absolute atomic E-state index is 3.65. The van der Waals surface area contributed by atoms with E-state index in [1.54, 1.807) is 0 Å². The molecule has 0 spiro atoms. The highest BCUT2D eigenvalue weighted by Crippen LogP contribution is 2.19. The number of allylic oxidation sites excluding steroid dienone is 1. The molecule has 0 aliphatic carbocycles. The minimum Gasteiger partial charge on any atom is -1.00 e. The Morgan fingerprint density at radius 2 is 1.83 bits per heavy atom. The second-order valence-electron chi connectivity index (χ2n) is 3.55. The van der Waals surface area contributed by atoms with E-state index in [0.29, 0.717) is 4.95 Å². The SMILES string of the molecule is CC(=CCBr)C(Br)[N+](C)(C)C.[Br-]. The van der Waals surface area contributed by atoms with Gasteiger partial charge in [-0.1, -0.05) is 22.0 Å². The minimum absolute atomic E-state index is 0. The zero-order valence-electron chi connectivity index (χ0n) is 7.94. The normalized spacial score (nSPS) is 15.3. The number of rotatable bonds is 3. The van der Waals surface area contributed by atoms with Gasteiger partial charge in [-0.2, -0.15) is 0 Å². The molecule has 0 amide bonds. The molecule has 74 valence electrons. The van der Waals surface area contributed by atoms with Crippen LogP contribution >= 0.6 is 31.9 Å². The first kappa shape index (κ1) is 15.6. The summed E-state index contributed by atoms with van der Waals surface area (Å²) in [7, 11) is 6.51. The van der Waals surface area contributed by atoms with E-state index in [9.17, 15) is 0 Å². The molecule has 0 saturated heterocycles. The average Bonchev–Trinajstić information content (AvgIpc) is 1.85. The van der Waals surface area contributed by atoms with E-state index >= 15 is 0 Å². The predicted molar refractivity (Wildman–Crippen MR) is 58.3 cm³/mol. The number of likely N-dealkylation sites (N-methyl/N-ethyl adjacent to an activating group) is 1. The molecule has 1 nitrogen and oxygen atoms in total. The molecule has 0 rings (SSSR count). The Morgan fingerprint density at radius 3 is 2.08 bits per heavy atom. The molecule has 0 aliphatic rings. The van der Waals surface area contributed by atoms with Crippen LogP contribution in [0.3, 0.4) is 0 Å². The van der Waals surface area contributed by atoms with Crippen molar-refractivity contribution in [1.82, 2.24) is 0 Å². The van der Waals surface area contributed by atoms with Crippen LogP contribution < -0.4 is 17.0 Å². The molecule has 0 saturated carbocycles. The second-order valence-corrected chi connectivity index (χ2v) is 5.07. The number of halogens is 3. The van der Waals surface area contributed by atoms with Crippen molar-refractivity contribution < 1.29 is 21.5 Å². The second kappa shape index (κ2) is 6.57. The van der Waals surface area contributed by atoms with E-state index in [0.717, 1.165) is 9.81 Å². The zero-order chi connectivity index (χ0) is 9.07. The van der Waals surface area contributed by atoms with Gasteiger partial charge in [0.1, 0.15) is 0 Å². The van der Waals surface area contributed by atoms with E-state index in [2.05, 4.69) is 66.0 Å². The third-order valence-corrected chi connectivity index (χ3v) is 3.73. The Morgan fingerprint density at radius 1 is 1.42 bits per heavy atom. The van der Waals surface area contributed by atoms with Crippen LogP contribution in [-0.4, -0.2) is 35.9 Å². The van der Waals surface area contributed by atoms with Crippen LogP contribution in [0.2, 0.25) is 0 Å². The van der Waals surface area contributed by atoms with Gasteiger partial charge in [0.15, 0.2) is 4.95 Å². The van der Waals surface area contributed by atoms with Crippen LogP contribution in [0.15, 0.2) is 11.6 Å². The molecule has 0 fully saturated rings. The topological polar surface area (TPSA) is 0 Å². The molecule has 0 heterocycles. The van der Waals surface area contributed by atoms with Gasteiger partial charge in [-0.05, 0) is 28.4 Å². The molecule has 0 radical (unpaired) electrons. The van der Waals surface area contributed by atoms with Gasteiger partial charge in [-0.25, -0.2) is 0 Å². The number of alkyl halides is 2. The third-order valence-electron chi connectivity index (χ3n) is 1.45. The molecule has 4 heteroatoms. The Labute approximate surface area is 103 Å². The summed E-state index contributed by atoms with van der Waals surface area (Å²) in [5, 5.41) is 0.931. The first-order valence-electron chi connectivity index (χ1n) is 3.57. The van der Waals surface area contributed by atoms with Gasteiger partial charge in [0.25, 0.3) is 0 Å². The minimum atomic E-state index is 0. The van der Waals surface area contributed by atoms with E-state index in [1.807, 2.05) is 0 Å². The van der Waals surface area contributed by atoms with E-state index in [1.165, 1.54) is 5.57 Å². The number of hydrogen-bond donors (Lipinski definition) is 0. The van der Waals surface area contributed by atoms with Crippen molar-refractivity contribution in [2.24, 2.45) is 0 Å². The average molecular weight is 366 g/mol. The smallest absolute Gasteiger partial charge is 0.165 e. The van der Waals surface area contributed by atoms with Gasteiger partial charge in [0, 0.05) is 5.33 Å². The summed E-state index contributed by atoms with van der Waals surface area (Å²) < 4.78 is 0.912. The molecule has 1 atom stereocenters. The molecule has 1 unspecified atom stereocenters. The fraction of sp³-hybridized carbons (Fsp3) is 0.750. The first-order valence-corrected chi connectivity index (χ1v) is 5.61. The Hall–Kier alpha value is 1.14. The van der Waals surface area contributed by atoms with Gasteiger partial charge < -0.3 is 21.5 Å². The lowest BCUT2D eigenvalue weighted by Crippen LogP contribution is -3.00. The number of hydrogen-bond acceptors (Lipinski definition) is 0. The summed E-state index contributed by atoms with van der Waals surface area (Å²) in [5.41, 5.74) is 1.37. The van der Waals surface area contributed by atoms with Crippen molar-refractivity contribution in [3.8, 4) is 0 Å². The molecule has 0 aromatic heterocycles. The summed E-state index contributed by atoms with van der Waals surface area (Å²) in [6.45, 7) is 2.14. The van der Waals surface area contributed by atoms with Gasteiger partial charge in [-0.15, -0.1) is 0 Å². The summed E-state index contributed by atoms with van der Waals surface area (Å²) in [6, 6.07) is 0.